The lowest BCUT2D eigenvalue weighted by Gasteiger charge is -2.26. The van der Waals surface area contributed by atoms with Gasteiger partial charge in [0.05, 0.1) is 0 Å². The summed E-state index contributed by atoms with van der Waals surface area (Å²) in [5.41, 5.74) is 6.98. The first-order chi connectivity index (χ1) is 11.5. The van der Waals surface area contributed by atoms with Crippen LogP contribution in [0.15, 0.2) is 33.5 Å². The molecule has 5 nitrogen and oxygen atoms in total. The Bertz CT molecular complexity index is 850. The highest BCUT2D eigenvalue weighted by atomic mass is 79.9. The lowest BCUT2D eigenvalue weighted by atomic mass is 9.90. The number of rotatable bonds is 4. The Morgan fingerprint density at radius 3 is 2.92 bits per heavy atom. The fourth-order valence-electron chi connectivity index (χ4n) is 3.03. The second-order valence-corrected chi connectivity index (χ2v) is 6.79. The van der Waals surface area contributed by atoms with Crippen molar-refractivity contribution in [2.75, 3.05) is 0 Å². The molecule has 7 heteroatoms. The summed E-state index contributed by atoms with van der Waals surface area (Å²) >= 11 is 3.24. The topological polar surface area (TPSA) is 88.0 Å². The van der Waals surface area contributed by atoms with Gasteiger partial charge in [-0.05, 0) is 43.0 Å². The van der Waals surface area contributed by atoms with Gasteiger partial charge in [0.1, 0.15) is 11.4 Å². The van der Waals surface area contributed by atoms with Gasteiger partial charge in [-0.3, -0.25) is 9.59 Å². The molecule has 0 saturated heterocycles. The maximum absolute atomic E-state index is 13.9. The zero-order chi connectivity index (χ0) is 17.3. The third-order valence-corrected chi connectivity index (χ3v) is 4.77. The number of primary amides is 1. The van der Waals surface area contributed by atoms with Gasteiger partial charge in [0, 0.05) is 28.3 Å². The van der Waals surface area contributed by atoms with E-state index in [9.17, 15) is 14.0 Å². The first-order valence-corrected chi connectivity index (χ1v) is 8.48. The second kappa shape index (κ2) is 6.86. The van der Waals surface area contributed by atoms with Gasteiger partial charge in [0.25, 0.3) is 11.5 Å². The molecule has 1 amide bonds. The predicted octanol–water partition coefficient (Wildman–Crippen LogP) is 2.54. The van der Waals surface area contributed by atoms with Crippen LogP contribution in [0.5, 0.6) is 0 Å². The van der Waals surface area contributed by atoms with Crippen molar-refractivity contribution in [2.45, 2.75) is 31.8 Å². The van der Waals surface area contributed by atoms with Crippen LogP contribution in [0.2, 0.25) is 0 Å². The summed E-state index contributed by atoms with van der Waals surface area (Å²) in [6.45, 7) is 0.355. The number of H-pyrrole nitrogens is 1. The molecule has 24 heavy (non-hydrogen) atoms. The molecule has 1 unspecified atom stereocenters. The molecule has 1 atom stereocenters. The van der Waals surface area contributed by atoms with E-state index in [1.165, 1.54) is 6.07 Å². The smallest absolute Gasteiger partial charge is 0.261 e. The van der Waals surface area contributed by atoms with Crippen LogP contribution >= 0.6 is 15.9 Å². The normalized spacial score (nSPS) is 16.7. The number of fused-ring (bicyclic) bond motifs is 1. The van der Waals surface area contributed by atoms with Gasteiger partial charge in [0.2, 0.25) is 0 Å². The molecule has 1 heterocycles. The largest absolute Gasteiger partial charge is 0.365 e. The Balaban J connectivity index is 1.85. The quantitative estimate of drug-likeness (QED) is 0.745. The van der Waals surface area contributed by atoms with Crippen molar-refractivity contribution < 1.29 is 9.18 Å². The molecule has 1 aliphatic carbocycles. The Labute approximate surface area is 146 Å². The zero-order valence-electron chi connectivity index (χ0n) is 12.9. The first kappa shape index (κ1) is 16.9. The Morgan fingerprint density at radius 1 is 1.42 bits per heavy atom. The Hall–Kier alpha value is -1.99. The van der Waals surface area contributed by atoms with E-state index in [1.54, 1.807) is 18.2 Å². The van der Waals surface area contributed by atoms with Gasteiger partial charge >= 0.3 is 0 Å². The zero-order valence-corrected chi connectivity index (χ0v) is 14.5. The summed E-state index contributed by atoms with van der Waals surface area (Å²) in [5, 5.41) is 3.31. The van der Waals surface area contributed by atoms with Crippen LogP contribution in [0, 0.1) is 5.82 Å². The molecule has 3 rings (SSSR count). The third-order valence-electron chi connectivity index (χ3n) is 4.27. The minimum atomic E-state index is -0.748. The molecular weight excluding hydrogens is 377 g/mol. The molecule has 1 aromatic heterocycles. The van der Waals surface area contributed by atoms with E-state index < -0.39 is 11.5 Å². The number of nitrogens with one attached hydrogen (secondary N) is 2. The molecular formula is C17H17BrFN3O2. The highest BCUT2D eigenvalue weighted by Crippen LogP contribution is 2.29. The van der Waals surface area contributed by atoms with E-state index in [-0.39, 0.29) is 17.4 Å². The van der Waals surface area contributed by atoms with Crippen LogP contribution in [0.3, 0.4) is 0 Å². The predicted molar refractivity (Wildman–Crippen MR) is 92.2 cm³/mol. The number of hydrogen-bond donors (Lipinski definition) is 3. The number of benzene rings is 1. The minimum Gasteiger partial charge on any atom is -0.365 e. The number of carbonyl (C=O) groups excluding carboxylic acids is 1. The Kier molecular flexibility index (Phi) is 4.82. The van der Waals surface area contributed by atoms with Gasteiger partial charge in [-0.2, -0.15) is 0 Å². The number of aryl methyl sites for hydroxylation is 1. The van der Waals surface area contributed by atoms with E-state index in [1.807, 2.05) is 0 Å². The number of aromatic nitrogens is 1. The standard InChI is InChI=1S/C17H17BrFN3O2/c18-10-5-4-9(13(19)6-10)8-21-14-2-1-3-15-11(14)7-12(16(20)23)17(24)22-15/h4-7,14,21H,1-3,8H2,(H2,20,23)(H,22,24). The number of pyridine rings is 1. The molecule has 0 bridgehead atoms. The molecule has 1 aliphatic rings. The van der Waals surface area contributed by atoms with Crippen LogP contribution in [-0.4, -0.2) is 10.9 Å². The number of nitrogens with two attached hydrogens (primary N) is 1. The third kappa shape index (κ3) is 3.42. The van der Waals surface area contributed by atoms with Crippen molar-refractivity contribution in [3.05, 3.63) is 67.3 Å². The monoisotopic (exact) mass is 393 g/mol. The molecule has 126 valence electrons. The molecule has 0 aliphatic heterocycles. The van der Waals surface area contributed by atoms with Crippen molar-refractivity contribution in [3.8, 4) is 0 Å². The van der Waals surface area contributed by atoms with Gasteiger partial charge in [-0.25, -0.2) is 4.39 Å². The first-order valence-electron chi connectivity index (χ1n) is 7.69. The summed E-state index contributed by atoms with van der Waals surface area (Å²) in [4.78, 5) is 26.0. The maximum atomic E-state index is 13.9. The van der Waals surface area contributed by atoms with Crippen molar-refractivity contribution in [1.82, 2.24) is 10.3 Å². The van der Waals surface area contributed by atoms with Crippen LogP contribution < -0.4 is 16.6 Å². The van der Waals surface area contributed by atoms with E-state index in [0.717, 1.165) is 30.5 Å². The van der Waals surface area contributed by atoms with Gasteiger partial charge in [0.15, 0.2) is 0 Å². The number of halogens is 2. The SMILES string of the molecule is NC(=O)c1cc2c([nH]c1=O)CCCC2NCc1ccc(Br)cc1F. The summed E-state index contributed by atoms with van der Waals surface area (Å²) in [7, 11) is 0. The van der Waals surface area contributed by atoms with Crippen molar-refractivity contribution in [2.24, 2.45) is 5.73 Å². The molecule has 0 spiro atoms. The summed E-state index contributed by atoms with van der Waals surface area (Å²) < 4.78 is 14.6. The van der Waals surface area contributed by atoms with Crippen LogP contribution in [0.4, 0.5) is 4.39 Å². The van der Waals surface area contributed by atoms with E-state index >= 15 is 0 Å². The van der Waals surface area contributed by atoms with E-state index in [2.05, 4.69) is 26.2 Å². The lowest BCUT2D eigenvalue weighted by Crippen LogP contribution is -2.31. The van der Waals surface area contributed by atoms with Crippen LogP contribution in [0.25, 0.3) is 0 Å². The van der Waals surface area contributed by atoms with E-state index in [4.69, 9.17) is 5.73 Å². The number of aromatic amines is 1. The number of hydrogen-bond acceptors (Lipinski definition) is 3. The van der Waals surface area contributed by atoms with Crippen molar-refractivity contribution in [1.29, 1.82) is 0 Å². The average molecular weight is 394 g/mol. The second-order valence-electron chi connectivity index (χ2n) is 5.87. The molecule has 0 fully saturated rings. The van der Waals surface area contributed by atoms with Crippen LogP contribution in [0.1, 0.15) is 46.1 Å². The number of amides is 1. The average Bonchev–Trinajstić information content (AvgIpc) is 2.53. The summed E-state index contributed by atoms with van der Waals surface area (Å²) in [6, 6.07) is 6.43. The molecule has 4 N–H and O–H groups in total. The highest BCUT2D eigenvalue weighted by molar-refractivity contribution is 9.10. The fraction of sp³-hybridized carbons (Fsp3) is 0.294. The van der Waals surface area contributed by atoms with Crippen molar-refractivity contribution in [3.63, 3.8) is 0 Å². The lowest BCUT2D eigenvalue weighted by molar-refractivity contribution is 0.0998. The van der Waals surface area contributed by atoms with Gasteiger partial charge in [-0.1, -0.05) is 22.0 Å². The summed E-state index contributed by atoms with van der Waals surface area (Å²) in [6.07, 6.45) is 2.49. The van der Waals surface area contributed by atoms with E-state index in [0.29, 0.717) is 16.6 Å². The number of carbonyl (C=O) groups is 1. The van der Waals surface area contributed by atoms with Crippen molar-refractivity contribution >= 4 is 21.8 Å². The molecule has 0 radical (unpaired) electrons. The van der Waals surface area contributed by atoms with Gasteiger partial charge in [-0.15, -0.1) is 0 Å². The maximum Gasteiger partial charge on any atom is 0.261 e. The molecule has 0 saturated carbocycles. The summed E-state index contributed by atoms with van der Waals surface area (Å²) in [5.74, 6) is -1.03. The minimum absolute atomic E-state index is 0.0442. The Morgan fingerprint density at radius 2 is 2.21 bits per heavy atom. The fourth-order valence-corrected chi connectivity index (χ4v) is 3.37. The highest BCUT2D eigenvalue weighted by Gasteiger charge is 2.23. The van der Waals surface area contributed by atoms with Gasteiger partial charge < -0.3 is 16.0 Å². The van der Waals surface area contributed by atoms with Crippen LogP contribution in [-0.2, 0) is 13.0 Å². The molecule has 1 aromatic carbocycles. The molecule has 2 aromatic rings.